The smallest absolute Gasteiger partial charge is 0.243 e. The molecule has 0 unspecified atom stereocenters. The molecule has 1 aliphatic rings. The van der Waals surface area contributed by atoms with Crippen molar-refractivity contribution in [3.05, 3.63) is 65.5 Å². The van der Waals surface area contributed by atoms with Crippen LogP contribution in [-0.4, -0.2) is 23.5 Å². The van der Waals surface area contributed by atoms with Crippen molar-refractivity contribution in [3.63, 3.8) is 0 Å². The van der Waals surface area contributed by atoms with E-state index in [1.54, 1.807) is 17.0 Å². The van der Waals surface area contributed by atoms with E-state index in [1.165, 1.54) is 12.1 Å². The number of aryl methyl sites for hydroxylation is 1. The molecule has 0 aliphatic carbocycles. The minimum absolute atomic E-state index is 0.0824. The molecule has 2 aromatic carbocycles. The summed E-state index contributed by atoms with van der Waals surface area (Å²) in [6.45, 7) is 2.70. The van der Waals surface area contributed by atoms with Crippen LogP contribution in [0.15, 0.2) is 48.5 Å². The molecule has 0 radical (unpaired) electrons. The van der Waals surface area contributed by atoms with E-state index in [9.17, 15) is 14.0 Å². The maximum absolute atomic E-state index is 12.9. The fraction of sp³-hybridized carbons (Fsp3) is 0.250. The minimum atomic E-state index is -0.457. The molecule has 0 aromatic heterocycles. The summed E-state index contributed by atoms with van der Waals surface area (Å²) in [5, 5.41) is 3.15. The van der Waals surface area contributed by atoms with Crippen LogP contribution >= 0.6 is 12.2 Å². The van der Waals surface area contributed by atoms with Crippen molar-refractivity contribution >= 4 is 34.8 Å². The molecule has 28 heavy (non-hydrogen) atoms. The zero-order valence-electron chi connectivity index (χ0n) is 15.4. The zero-order valence-corrected chi connectivity index (χ0v) is 16.2. The molecule has 1 aliphatic heterocycles. The lowest BCUT2D eigenvalue weighted by Gasteiger charge is -2.17. The Morgan fingerprint density at radius 2 is 1.82 bits per heavy atom. The molecule has 1 saturated heterocycles. The number of benzene rings is 2. The SMILES string of the molecule is Cc1ccc(N2C[C@H](C(=O)NNC(=S)NCc3ccc(F)cc3)CC2=O)cc1. The molecule has 8 heteroatoms. The van der Waals surface area contributed by atoms with E-state index < -0.39 is 5.92 Å². The van der Waals surface area contributed by atoms with Crippen molar-refractivity contribution in [1.82, 2.24) is 16.2 Å². The number of hydrazine groups is 1. The van der Waals surface area contributed by atoms with Crippen LogP contribution in [-0.2, 0) is 16.1 Å². The Balaban J connectivity index is 1.45. The molecule has 2 amide bonds. The number of amides is 2. The second-order valence-corrected chi connectivity index (χ2v) is 7.07. The van der Waals surface area contributed by atoms with Crippen LogP contribution in [0.2, 0.25) is 0 Å². The summed E-state index contributed by atoms with van der Waals surface area (Å²) in [5.41, 5.74) is 7.92. The van der Waals surface area contributed by atoms with Gasteiger partial charge in [0.15, 0.2) is 5.11 Å². The van der Waals surface area contributed by atoms with Crippen LogP contribution in [0.25, 0.3) is 0 Å². The number of nitrogens with one attached hydrogen (secondary N) is 3. The summed E-state index contributed by atoms with van der Waals surface area (Å²) in [6, 6.07) is 13.6. The van der Waals surface area contributed by atoms with Crippen LogP contribution in [0.5, 0.6) is 0 Å². The first kappa shape index (κ1) is 19.8. The van der Waals surface area contributed by atoms with Gasteiger partial charge in [0.25, 0.3) is 0 Å². The number of carbonyl (C=O) groups is 2. The number of anilines is 1. The van der Waals surface area contributed by atoms with Crippen molar-refractivity contribution in [2.24, 2.45) is 5.92 Å². The Kier molecular flexibility index (Phi) is 6.20. The molecule has 0 bridgehead atoms. The van der Waals surface area contributed by atoms with Crippen molar-refractivity contribution in [1.29, 1.82) is 0 Å². The lowest BCUT2D eigenvalue weighted by atomic mass is 10.1. The summed E-state index contributed by atoms with van der Waals surface area (Å²) in [7, 11) is 0. The molecule has 0 spiro atoms. The first-order valence-electron chi connectivity index (χ1n) is 8.87. The van der Waals surface area contributed by atoms with Crippen molar-refractivity contribution in [2.45, 2.75) is 19.9 Å². The van der Waals surface area contributed by atoms with Crippen LogP contribution in [0, 0.1) is 18.7 Å². The number of hydrogen-bond donors (Lipinski definition) is 3. The second kappa shape index (κ2) is 8.79. The molecule has 2 aromatic rings. The van der Waals surface area contributed by atoms with Gasteiger partial charge in [-0.15, -0.1) is 0 Å². The van der Waals surface area contributed by atoms with Crippen molar-refractivity contribution in [2.75, 3.05) is 11.4 Å². The van der Waals surface area contributed by atoms with Gasteiger partial charge >= 0.3 is 0 Å². The van der Waals surface area contributed by atoms with Crippen molar-refractivity contribution < 1.29 is 14.0 Å². The van der Waals surface area contributed by atoms with Gasteiger partial charge < -0.3 is 10.2 Å². The van der Waals surface area contributed by atoms with E-state index in [1.807, 2.05) is 31.2 Å². The predicted molar refractivity (Wildman–Crippen MR) is 109 cm³/mol. The van der Waals surface area contributed by atoms with Gasteiger partial charge in [-0.2, -0.15) is 0 Å². The van der Waals surface area contributed by atoms with Gasteiger partial charge in [-0.25, -0.2) is 4.39 Å². The summed E-state index contributed by atoms with van der Waals surface area (Å²) in [4.78, 5) is 26.2. The van der Waals surface area contributed by atoms with E-state index in [0.717, 1.165) is 16.8 Å². The van der Waals surface area contributed by atoms with E-state index in [0.29, 0.717) is 13.1 Å². The monoisotopic (exact) mass is 400 g/mol. The number of carbonyl (C=O) groups excluding carboxylic acids is 2. The second-order valence-electron chi connectivity index (χ2n) is 6.66. The van der Waals surface area contributed by atoms with E-state index >= 15 is 0 Å². The molecule has 1 atom stereocenters. The molecule has 1 fully saturated rings. The Labute approximate surface area is 168 Å². The highest BCUT2D eigenvalue weighted by Gasteiger charge is 2.35. The molecular formula is C20H21FN4O2S. The van der Waals surface area contributed by atoms with E-state index in [-0.39, 0.29) is 29.2 Å². The average molecular weight is 400 g/mol. The van der Waals surface area contributed by atoms with E-state index in [2.05, 4.69) is 16.2 Å². The van der Waals surface area contributed by atoms with Gasteiger partial charge in [0, 0.05) is 25.2 Å². The first-order valence-corrected chi connectivity index (χ1v) is 9.28. The summed E-state index contributed by atoms with van der Waals surface area (Å²) >= 11 is 5.12. The molecule has 3 N–H and O–H groups in total. The molecule has 6 nitrogen and oxygen atoms in total. The van der Waals surface area contributed by atoms with Gasteiger partial charge in [0.1, 0.15) is 5.82 Å². The van der Waals surface area contributed by atoms with E-state index in [4.69, 9.17) is 12.2 Å². The largest absolute Gasteiger partial charge is 0.357 e. The molecule has 3 rings (SSSR count). The normalized spacial score (nSPS) is 16.0. The maximum Gasteiger partial charge on any atom is 0.243 e. The highest BCUT2D eigenvalue weighted by molar-refractivity contribution is 7.80. The standard InChI is InChI=1S/C20H21FN4O2S/c1-13-2-8-17(9-3-13)25-12-15(10-18(25)26)19(27)23-24-20(28)22-11-14-4-6-16(21)7-5-14/h2-9,15H,10-12H2,1H3,(H,23,27)(H2,22,24,28)/t15-/m1/s1. The first-order chi connectivity index (χ1) is 13.4. The topological polar surface area (TPSA) is 73.5 Å². The van der Waals surface area contributed by atoms with Crippen molar-refractivity contribution in [3.8, 4) is 0 Å². The number of hydrogen-bond acceptors (Lipinski definition) is 3. The van der Waals surface area contributed by atoms with Gasteiger partial charge in [-0.1, -0.05) is 29.8 Å². The van der Waals surface area contributed by atoms with Gasteiger partial charge in [-0.05, 0) is 49.0 Å². The third-order valence-corrected chi connectivity index (χ3v) is 4.75. The Hall–Kier alpha value is -3.00. The fourth-order valence-corrected chi connectivity index (χ4v) is 3.03. The van der Waals surface area contributed by atoms with Crippen LogP contribution in [0.3, 0.4) is 0 Å². The molecular weight excluding hydrogens is 379 g/mol. The molecule has 1 heterocycles. The molecule has 146 valence electrons. The van der Waals surface area contributed by atoms with Crippen LogP contribution < -0.4 is 21.1 Å². The average Bonchev–Trinajstić information content (AvgIpc) is 3.08. The Bertz CT molecular complexity index is 871. The lowest BCUT2D eigenvalue weighted by molar-refractivity contribution is -0.126. The Morgan fingerprint density at radius 1 is 1.14 bits per heavy atom. The minimum Gasteiger partial charge on any atom is -0.357 e. The van der Waals surface area contributed by atoms with Gasteiger partial charge in [-0.3, -0.25) is 20.4 Å². The zero-order chi connectivity index (χ0) is 20.1. The predicted octanol–water partition coefficient (Wildman–Crippen LogP) is 2.18. The lowest BCUT2D eigenvalue weighted by Crippen LogP contribution is -2.48. The highest BCUT2D eigenvalue weighted by Crippen LogP contribution is 2.25. The van der Waals surface area contributed by atoms with Gasteiger partial charge in [0.2, 0.25) is 11.8 Å². The number of nitrogens with zero attached hydrogens (tertiary/aromatic N) is 1. The highest BCUT2D eigenvalue weighted by atomic mass is 32.1. The third kappa shape index (κ3) is 5.04. The number of rotatable bonds is 4. The Morgan fingerprint density at radius 3 is 2.50 bits per heavy atom. The molecule has 0 saturated carbocycles. The van der Waals surface area contributed by atoms with Gasteiger partial charge in [0.05, 0.1) is 5.92 Å². The quantitative estimate of drug-likeness (QED) is 0.542. The van der Waals surface area contributed by atoms with Crippen LogP contribution in [0.4, 0.5) is 10.1 Å². The summed E-state index contributed by atoms with van der Waals surface area (Å²) in [6.07, 6.45) is 0.150. The summed E-state index contributed by atoms with van der Waals surface area (Å²) < 4.78 is 12.9. The third-order valence-electron chi connectivity index (χ3n) is 4.51. The fourth-order valence-electron chi connectivity index (χ4n) is 2.91. The number of thiocarbonyl (C=S) groups is 1. The van der Waals surface area contributed by atoms with Crippen LogP contribution in [0.1, 0.15) is 17.5 Å². The summed E-state index contributed by atoms with van der Waals surface area (Å²) in [5.74, 6) is -1.14. The maximum atomic E-state index is 12.9. The number of halogens is 1.